The van der Waals surface area contributed by atoms with Crippen LogP contribution in [0.5, 0.6) is 5.75 Å². The highest BCUT2D eigenvalue weighted by Gasteiger charge is 2.36. The molecule has 1 saturated carbocycles. The lowest BCUT2D eigenvalue weighted by molar-refractivity contribution is 0.0776. The van der Waals surface area contributed by atoms with Gasteiger partial charge in [0.2, 0.25) is 10.0 Å². The molecule has 1 aromatic carbocycles. The first-order valence-corrected chi connectivity index (χ1v) is 9.96. The number of benzene rings is 1. The molecule has 1 unspecified atom stereocenters. The van der Waals surface area contributed by atoms with E-state index in [9.17, 15) is 13.2 Å². The molecule has 146 valence electrons. The Morgan fingerprint density at radius 1 is 1.42 bits per heavy atom. The number of nitrogens with one attached hydrogen (secondary N) is 1. The van der Waals surface area contributed by atoms with Crippen LogP contribution in [-0.2, 0) is 10.0 Å². The molecule has 0 aromatic heterocycles. The number of halogens is 1. The third kappa shape index (κ3) is 4.31. The van der Waals surface area contributed by atoms with E-state index in [2.05, 4.69) is 11.6 Å². The normalized spacial score (nSPS) is 22.8. The number of carbonyl (C=O) groups is 1. The van der Waals surface area contributed by atoms with Gasteiger partial charge in [-0.3, -0.25) is 4.79 Å². The van der Waals surface area contributed by atoms with Crippen molar-refractivity contribution in [3.05, 3.63) is 23.8 Å². The molecule has 1 amide bonds. The standard InChI is InChI=1S/C17H25N3O4S.ClH/c1-17(10-18)7-8-20(11-17)16(21)12-3-6-14(24-2)15(9-12)25(22,23)19-13-4-5-13;/h3,6,9,13,19H,4-5,7-8,10-11,18H2,1-2H3;1H. The first-order valence-electron chi connectivity index (χ1n) is 8.48. The SMILES string of the molecule is COc1ccc(C(=O)N2CCC(C)(CN)C2)cc1S(=O)(=O)NC1CC1.Cl. The summed E-state index contributed by atoms with van der Waals surface area (Å²) in [7, 11) is -2.30. The summed E-state index contributed by atoms with van der Waals surface area (Å²) in [4.78, 5) is 14.5. The lowest BCUT2D eigenvalue weighted by Gasteiger charge is -2.23. The number of ether oxygens (including phenoxy) is 1. The van der Waals surface area contributed by atoms with E-state index in [1.165, 1.54) is 19.2 Å². The van der Waals surface area contributed by atoms with Gasteiger partial charge in [-0.05, 0) is 49.4 Å². The Kier molecular flexibility index (Phi) is 6.22. The maximum absolute atomic E-state index is 12.8. The summed E-state index contributed by atoms with van der Waals surface area (Å²) in [5.41, 5.74) is 6.07. The summed E-state index contributed by atoms with van der Waals surface area (Å²) in [5, 5.41) is 0. The summed E-state index contributed by atoms with van der Waals surface area (Å²) >= 11 is 0. The summed E-state index contributed by atoms with van der Waals surface area (Å²) in [5.74, 6) is 0.0561. The molecule has 1 saturated heterocycles. The number of hydrogen-bond donors (Lipinski definition) is 2. The van der Waals surface area contributed by atoms with Gasteiger partial charge in [-0.15, -0.1) is 12.4 Å². The average Bonchev–Trinajstić information content (AvgIpc) is 3.31. The maximum Gasteiger partial charge on any atom is 0.253 e. The first kappa shape index (κ1) is 21.0. The van der Waals surface area contributed by atoms with E-state index in [-0.39, 0.29) is 40.4 Å². The predicted molar refractivity (Wildman–Crippen MR) is 101 cm³/mol. The van der Waals surface area contributed by atoms with Crippen LogP contribution in [-0.4, -0.2) is 52.0 Å². The Hall–Kier alpha value is -1.35. The molecule has 3 N–H and O–H groups in total. The molecule has 9 heteroatoms. The highest BCUT2D eigenvalue weighted by molar-refractivity contribution is 7.89. The quantitative estimate of drug-likeness (QED) is 0.746. The van der Waals surface area contributed by atoms with Crippen LogP contribution in [0, 0.1) is 5.41 Å². The maximum atomic E-state index is 12.8. The second-order valence-corrected chi connectivity index (χ2v) is 8.94. The molecule has 2 fully saturated rings. The van der Waals surface area contributed by atoms with Crippen molar-refractivity contribution in [3.63, 3.8) is 0 Å². The summed E-state index contributed by atoms with van der Waals surface area (Å²) in [6, 6.07) is 4.53. The average molecular weight is 404 g/mol. The van der Waals surface area contributed by atoms with Crippen LogP contribution in [0.3, 0.4) is 0 Å². The van der Waals surface area contributed by atoms with Crippen LogP contribution in [0.15, 0.2) is 23.1 Å². The number of amides is 1. The van der Waals surface area contributed by atoms with Gasteiger partial charge in [0.25, 0.3) is 5.91 Å². The van der Waals surface area contributed by atoms with Crippen molar-refractivity contribution >= 4 is 28.3 Å². The lowest BCUT2D eigenvalue weighted by atomic mass is 9.90. The molecule has 0 spiro atoms. The van der Waals surface area contributed by atoms with Crippen molar-refractivity contribution in [1.82, 2.24) is 9.62 Å². The minimum atomic E-state index is -3.71. The second-order valence-electron chi connectivity index (χ2n) is 7.25. The van der Waals surface area contributed by atoms with Crippen LogP contribution in [0.4, 0.5) is 0 Å². The molecule has 1 aliphatic heterocycles. The molecule has 0 radical (unpaired) electrons. The van der Waals surface area contributed by atoms with Gasteiger partial charge >= 0.3 is 0 Å². The Labute approximate surface area is 160 Å². The zero-order valence-electron chi connectivity index (χ0n) is 15.0. The number of hydrogen-bond acceptors (Lipinski definition) is 5. The molecule has 2 aliphatic rings. The van der Waals surface area contributed by atoms with Crippen molar-refractivity contribution in [2.24, 2.45) is 11.1 Å². The van der Waals surface area contributed by atoms with Gasteiger partial charge in [-0.25, -0.2) is 13.1 Å². The van der Waals surface area contributed by atoms with Crippen LogP contribution in [0.25, 0.3) is 0 Å². The smallest absolute Gasteiger partial charge is 0.253 e. The molecular weight excluding hydrogens is 378 g/mol. The Bertz CT molecular complexity index is 782. The first-order chi connectivity index (χ1) is 11.8. The predicted octanol–water partition coefficient (Wildman–Crippen LogP) is 1.37. The van der Waals surface area contributed by atoms with E-state index in [1.807, 2.05) is 0 Å². The van der Waals surface area contributed by atoms with Gasteiger partial charge in [0.1, 0.15) is 10.6 Å². The fourth-order valence-corrected chi connectivity index (χ4v) is 4.55. The van der Waals surface area contributed by atoms with Gasteiger partial charge in [-0.1, -0.05) is 6.92 Å². The zero-order chi connectivity index (χ0) is 18.2. The highest BCUT2D eigenvalue weighted by Crippen LogP contribution is 2.32. The molecule has 3 rings (SSSR count). The third-order valence-corrected chi connectivity index (χ3v) is 6.48. The number of sulfonamides is 1. The summed E-state index contributed by atoms with van der Waals surface area (Å²) in [6.45, 7) is 3.78. The molecule has 26 heavy (non-hydrogen) atoms. The Morgan fingerprint density at radius 3 is 2.65 bits per heavy atom. The number of nitrogens with zero attached hydrogens (tertiary/aromatic N) is 1. The lowest BCUT2D eigenvalue weighted by Crippen LogP contribution is -2.34. The molecule has 1 aromatic rings. The van der Waals surface area contributed by atoms with Crippen LogP contribution in [0.2, 0.25) is 0 Å². The van der Waals surface area contributed by atoms with Crippen LogP contribution in [0.1, 0.15) is 36.5 Å². The minimum absolute atomic E-state index is 0. The van der Waals surface area contributed by atoms with Crippen molar-refractivity contribution in [3.8, 4) is 5.75 Å². The largest absolute Gasteiger partial charge is 0.495 e. The number of rotatable bonds is 6. The summed E-state index contributed by atoms with van der Waals surface area (Å²) < 4.78 is 33.0. The Morgan fingerprint density at radius 2 is 2.12 bits per heavy atom. The van der Waals surface area contributed by atoms with Crippen molar-refractivity contribution in [2.45, 2.75) is 37.1 Å². The molecule has 7 nitrogen and oxygen atoms in total. The van der Waals surface area contributed by atoms with Gasteiger partial charge in [0, 0.05) is 24.7 Å². The van der Waals surface area contributed by atoms with Gasteiger partial charge in [-0.2, -0.15) is 0 Å². The van der Waals surface area contributed by atoms with E-state index >= 15 is 0 Å². The topological polar surface area (TPSA) is 102 Å². The second kappa shape index (κ2) is 7.72. The monoisotopic (exact) mass is 403 g/mol. The number of nitrogens with two attached hydrogens (primary N) is 1. The van der Waals surface area contributed by atoms with Gasteiger partial charge in [0.05, 0.1) is 7.11 Å². The van der Waals surface area contributed by atoms with Gasteiger partial charge < -0.3 is 15.4 Å². The molecule has 0 bridgehead atoms. The number of methoxy groups -OCH3 is 1. The van der Waals surface area contributed by atoms with Crippen molar-refractivity contribution in [2.75, 3.05) is 26.7 Å². The highest BCUT2D eigenvalue weighted by atomic mass is 35.5. The third-order valence-electron chi connectivity index (χ3n) is 4.94. The van der Waals surface area contributed by atoms with E-state index in [0.717, 1.165) is 19.3 Å². The van der Waals surface area contributed by atoms with Crippen LogP contribution >= 0.6 is 12.4 Å². The Balaban J connectivity index is 0.00000243. The number of carbonyl (C=O) groups excluding carboxylic acids is 1. The van der Waals surface area contributed by atoms with Crippen molar-refractivity contribution < 1.29 is 17.9 Å². The molecular formula is C17H26ClN3O4S. The van der Waals surface area contributed by atoms with E-state index in [0.29, 0.717) is 25.2 Å². The van der Waals surface area contributed by atoms with Crippen molar-refractivity contribution in [1.29, 1.82) is 0 Å². The fraction of sp³-hybridized carbons (Fsp3) is 0.588. The minimum Gasteiger partial charge on any atom is -0.495 e. The summed E-state index contributed by atoms with van der Waals surface area (Å²) in [6.07, 6.45) is 2.52. The number of likely N-dealkylation sites (tertiary alicyclic amines) is 1. The van der Waals surface area contributed by atoms with Crippen LogP contribution < -0.4 is 15.2 Å². The van der Waals surface area contributed by atoms with E-state index < -0.39 is 10.0 Å². The molecule has 1 aliphatic carbocycles. The zero-order valence-corrected chi connectivity index (χ0v) is 16.7. The van der Waals surface area contributed by atoms with E-state index in [4.69, 9.17) is 10.5 Å². The molecule has 1 atom stereocenters. The molecule has 1 heterocycles. The fourth-order valence-electron chi connectivity index (χ4n) is 3.05. The van der Waals surface area contributed by atoms with E-state index in [1.54, 1.807) is 11.0 Å². The van der Waals surface area contributed by atoms with Gasteiger partial charge in [0.15, 0.2) is 0 Å².